The Balaban J connectivity index is 1.75. The van der Waals surface area contributed by atoms with E-state index in [0.717, 1.165) is 23.2 Å². The number of H-pyrrole nitrogens is 1. The maximum atomic E-state index is 12.2. The van der Waals surface area contributed by atoms with Crippen molar-refractivity contribution < 1.29 is 4.79 Å². The van der Waals surface area contributed by atoms with Crippen molar-refractivity contribution in [1.82, 2.24) is 10.3 Å². The van der Waals surface area contributed by atoms with Crippen molar-refractivity contribution >= 4 is 34.3 Å². The van der Waals surface area contributed by atoms with Crippen molar-refractivity contribution in [3.8, 4) is 0 Å². The van der Waals surface area contributed by atoms with E-state index >= 15 is 0 Å². The summed E-state index contributed by atoms with van der Waals surface area (Å²) < 4.78 is 0. The first-order valence-corrected chi connectivity index (χ1v) is 7.62. The summed E-state index contributed by atoms with van der Waals surface area (Å²) in [5.74, 6) is 2.96. The number of carbonyl (C=O) groups excluding carboxylic acids is 1. The fourth-order valence-electron chi connectivity index (χ4n) is 2.40. The molecule has 19 heavy (non-hydrogen) atoms. The van der Waals surface area contributed by atoms with Gasteiger partial charge in [-0.3, -0.25) is 4.79 Å². The lowest BCUT2D eigenvalue weighted by Gasteiger charge is -2.09. The lowest BCUT2D eigenvalue weighted by molar-refractivity contribution is 0.0950. The molecule has 2 heterocycles. The number of benzene rings is 1. The van der Waals surface area contributed by atoms with Gasteiger partial charge in [-0.1, -0.05) is 0 Å². The number of nitrogens with one attached hydrogen (secondary N) is 2. The highest BCUT2D eigenvalue weighted by Gasteiger charge is 2.18. The first-order chi connectivity index (χ1) is 9.24. The van der Waals surface area contributed by atoms with Crippen molar-refractivity contribution in [2.45, 2.75) is 6.42 Å². The SMILES string of the molecule is Nc1ccc2[nH]cc(C(=O)NCC3CCSC3)c2c1. The number of fused-ring (bicyclic) bond motifs is 1. The van der Waals surface area contributed by atoms with Crippen LogP contribution in [-0.4, -0.2) is 28.9 Å². The Hall–Kier alpha value is -1.62. The number of nitrogens with two attached hydrogens (primary N) is 1. The van der Waals surface area contributed by atoms with Crippen LogP contribution in [0.5, 0.6) is 0 Å². The van der Waals surface area contributed by atoms with Gasteiger partial charge in [0, 0.05) is 29.3 Å². The average molecular weight is 275 g/mol. The summed E-state index contributed by atoms with van der Waals surface area (Å²) in [4.78, 5) is 15.3. The van der Waals surface area contributed by atoms with Crippen molar-refractivity contribution in [1.29, 1.82) is 0 Å². The number of anilines is 1. The van der Waals surface area contributed by atoms with Gasteiger partial charge in [0.2, 0.25) is 0 Å². The minimum absolute atomic E-state index is 0.0197. The van der Waals surface area contributed by atoms with Gasteiger partial charge >= 0.3 is 0 Å². The Morgan fingerprint density at radius 2 is 2.42 bits per heavy atom. The highest BCUT2D eigenvalue weighted by Crippen LogP contribution is 2.23. The van der Waals surface area contributed by atoms with E-state index in [9.17, 15) is 4.79 Å². The molecule has 0 saturated carbocycles. The molecule has 0 spiro atoms. The Bertz CT molecular complexity index is 602. The summed E-state index contributed by atoms with van der Waals surface area (Å²) in [7, 11) is 0. The average Bonchev–Trinajstić information content (AvgIpc) is 3.04. The standard InChI is InChI=1S/C14H17N3OS/c15-10-1-2-13-11(5-10)12(7-16-13)14(18)17-6-9-3-4-19-8-9/h1-2,5,7,9,16H,3-4,6,8,15H2,(H,17,18). The summed E-state index contributed by atoms with van der Waals surface area (Å²) in [5, 5.41) is 3.91. The minimum atomic E-state index is -0.0197. The number of hydrogen-bond donors (Lipinski definition) is 3. The van der Waals surface area contributed by atoms with E-state index in [1.54, 1.807) is 6.20 Å². The van der Waals surface area contributed by atoms with E-state index in [1.165, 1.54) is 12.2 Å². The highest BCUT2D eigenvalue weighted by atomic mass is 32.2. The maximum absolute atomic E-state index is 12.2. The molecule has 1 aromatic carbocycles. The molecule has 1 aromatic heterocycles. The summed E-state index contributed by atoms with van der Waals surface area (Å²) in [6.45, 7) is 0.765. The van der Waals surface area contributed by atoms with Crippen LogP contribution in [0.4, 0.5) is 5.69 Å². The van der Waals surface area contributed by atoms with Gasteiger partial charge in [0.1, 0.15) is 0 Å². The lowest BCUT2D eigenvalue weighted by Crippen LogP contribution is -2.29. The molecule has 1 unspecified atom stereocenters. The predicted octanol–water partition coefficient (Wildman–Crippen LogP) is 2.23. The van der Waals surface area contributed by atoms with Gasteiger partial charge in [-0.2, -0.15) is 11.8 Å². The van der Waals surface area contributed by atoms with Crippen molar-refractivity contribution in [3.63, 3.8) is 0 Å². The number of rotatable bonds is 3. The third-order valence-electron chi connectivity index (χ3n) is 3.53. The monoisotopic (exact) mass is 275 g/mol. The Morgan fingerprint density at radius 1 is 1.53 bits per heavy atom. The van der Waals surface area contributed by atoms with E-state index in [-0.39, 0.29) is 5.91 Å². The quantitative estimate of drug-likeness (QED) is 0.752. The molecule has 2 aromatic rings. The molecule has 0 radical (unpaired) electrons. The molecule has 1 aliphatic heterocycles. The second-order valence-corrected chi connectivity index (χ2v) is 6.10. The van der Waals surface area contributed by atoms with E-state index in [2.05, 4.69) is 10.3 Å². The number of carbonyl (C=O) groups is 1. The van der Waals surface area contributed by atoms with Crippen LogP contribution in [-0.2, 0) is 0 Å². The summed E-state index contributed by atoms with van der Waals surface area (Å²) in [6.07, 6.45) is 2.95. The Kier molecular flexibility index (Phi) is 3.38. The second-order valence-electron chi connectivity index (χ2n) is 4.95. The normalized spacial score (nSPS) is 18.8. The highest BCUT2D eigenvalue weighted by molar-refractivity contribution is 7.99. The first-order valence-electron chi connectivity index (χ1n) is 6.46. The predicted molar refractivity (Wildman–Crippen MR) is 80.5 cm³/mol. The summed E-state index contributed by atoms with van der Waals surface area (Å²) >= 11 is 1.96. The third-order valence-corrected chi connectivity index (χ3v) is 4.76. The molecule has 4 nitrogen and oxygen atoms in total. The summed E-state index contributed by atoms with van der Waals surface area (Å²) in [6, 6.07) is 5.57. The molecule has 1 amide bonds. The second kappa shape index (κ2) is 5.17. The number of aromatic amines is 1. The van der Waals surface area contributed by atoms with Crippen LogP contribution in [0.15, 0.2) is 24.4 Å². The van der Waals surface area contributed by atoms with Crippen molar-refractivity contribution in [2.75, 3.05) is 23.8 Å². The zero-order chi connectivity index (χ0) is 13.2. The Labute approximate surface area is 116 Å². The molecule has 1 saturated heterocycles. The molecule has 100 valence electrons. The zero-order valence-electron chi connectivity index (χ0n) is 10.6. The van der Waals surface area contributed by atoms with Gasteiger partial charge in [-0.05, 0) is 42.0 Å². The fourth-order valence-corrected chi connectivity index (χ4v) is 3.69. The van der Waals surface area contributed by atoms with E-state index in [1.807, 2.05) is 30.0 Å². The molecule has 3 rings (SSSR count). The third kappa shape index (κ3) is 2.56. The number of nitrogen functional groups attached to an aromatic ring is 1. The number of aromatic nitrogens is 1. The van der Waals surface area contributed by atoms with Crippen LogP contribution in [0.3, 0.4) is 0 Å². The first kappa shape index (κ1) is 12.4. The fraction of sp³-hybridized carbons (Fsp3) is 0.357. The van der Waals surface area contributed by atoms with Crippen LogP contribution >= 0.6 is 11.8 Å². The largest absolute Gasteiger partial charge is 0.399 e. The lowest BCUT2D eigenvalue weighted by atomic mass is 10.1. The Morgan fingerprint density at radius 3 is 3.21 bits per heavy atom. The van der Waals surface area contributed by atoms with Gasteiger partial charge in [0.05, 0.1) is 5.56 Å². The molecule has 5 heteroatoms. The number of thioether (sulfide) groups is 1. The van der Waals surface area contributed by atoms with Gasteiger partial charge < -0.3 is 16.0 Å². The van der Waals surface area contributed by atoms with E-state index < -0.39 is 0 Å². The molecule has 1 aliphatic rings. The van der Waals surface area contributed by atoms with Crippen molar-refractivity contribution in [2.24, 2.45) is 5.92 Å². The maximum Gasteiger partial charge on any atom is 0.253 e. The summed E-state index contributed by atoms with van der Waals surface area (Å²) in [5.41, 5.74) is 8.07. The van der Waals surface area contributed by atoms with Crippen LogP contribution in [0.2, 0.25) is 0 Å². The molecule has 4 N–H and O–H groups in total. The molecule has 0 bridgehead atoms. The van der Waals surface area contributed by atoms with E-state index in [4.69, 9.17) is 5.73 Å². The van der Waals surface area contributed by atoms with Gasteiger partial charge in [-0.25, -0.2) is 0 Å². The zero-order valence-corrected chi connectivity index (χ0v) is 11.4. The van der Waals surface area contributed by atoms with Gasteiger partial charge in [-0.15, -0.1) is 0 Å². The van der Waals surface area contributed by atoms with E-state index in [0.29, 0.717) is 17.2 Å². The smallest absolute Gasteiger partial charge is 0.253 e. The molecule has 1 atom stereocenters. The van der Waals surface area contributed by atoms with Crippen LogP contribution in [0.1, 0.15) is 16.8 Å². The van der Waals surface area contributed by atoms with Crippen molar-refractivity contribution in [3.05, 3.63) is 30.0 Å². The molecular weight excluding hydrogens is 258 g/mol. The topological polar surface area (TPSA) is 70.9 Å². The minimum Gasteiger partial charge on any atom is -0.399 e. The number of hydrogen-bond acceptors (Lipinski definition) is 3. The van der Waals surface area contributed by atoms with Gasteiger partial charge in [0.25, 0.3) is 5.91 Å². The van der Waals surface area contributed by atoms with Crippen LogP contribution in [0, 0.1) is 5.92 Å². The molecule has 0 aliphatic carbocycles. The number of amides is 1. The van der Waals surface area contributed by atoms with Gasteiger partial charge in [0.15, 0.2) is 0 Å². The molecule has 1 fully saturated rings. The van der Waals surface area contributed by atoms with Crippen LogP contribution < -0.4 is 11.1 Å². The van der Waals surface area contributed by atoms with Crippen LogP contribution in [0.25, 0.3) is 10.9 Å². The molecular formula is C14H17N3OS.